The van der Waals surface area contributed by atoms with Crippen molar-refractivity contribution in [2.75, 3.05) is 0 Å². The number of hydrogen-bond donors (Lipinski definition) is 0. The van der Waals surface area contributed by atoms with Crippen molar-refractivity contribution in [3.8, 4) is 0 Å². The highest BCUT2D eigenvalue weighted by atomic mass is 16.6. The van der Waals surface area contributed by atoms with Gasteiger partial charge in [-0.05, 0) is 23.1 Å². The van der Waals surface area contributed by atoms with Crippen LogP contribution in [0.2, 0.25) is 0 Å². The summed E-state index contributed by atoms with van der Waals surface area (Å²) in [4.78, 5) is 0. The fourth-order valence-corrected chi connectivity index (χ4v) is 7.54. The number of fused-ring (bicyclic) bond motifs is 11. The second kappa shape index (κ2) is 8.17. The van der Waals surface area contributed by atoms with Crippen molar-refractivity contribution < 1.29 is 18.9 Å². The molecule has 2 aromatic carbocycles. The van der Waals surface area contributed by atoms with Gasteiger partial charge in [-0.3, -0.25) is 0 Å². The molecule has 176 valence electrons. The van der Waals surface area contributed by atoms with Crippen molar-refractivity contribution in [2.45, 2.75) is 69.1 Å². The molecule has 0 aromatic heterocycles. The lowest BCUT2D eigenvalue weighted by molar-refractivity contribution is -0.0533. The molecule has 0 amide bonds. The van der Waals surface area contributed by atoms with Crippen molar-refractivity contribution in [2.24, 2.45) is 17.3 Å². The highest BCUT2D eigenvalue weighted by Crippen LogP contribution is 2.65. The van der Waals surface area contributed by atoms with E-state index in [1.807, 2.05) is 12.1 Å². The summed E-state index contributed by atoms with van der Waals surface area (Å²) in [5.41, 5.74) is 3.82. The first kappa shape index (κ1) is 21.1. The van der Waals surface area contributed by atoms with Crippen LogP contribution < -0.4 is 0 Å². The number of hydrogen-bond acceptors (Lipinski definition) is 4. The van der Waals surface area contributed by atoms with Gasteiger partial charge >= 0.3 is 0 Å². The number of allylic oxidation sites excluding steroid dienone is 1. The van der Waals surface area contributed by atoms with Crippen molar-refractivity contribution in [1.29, 1.82) is 0 Å². The fraction of sp³-hybridized carbons (Fsp3) is 0.467. The zero-order valence-corrected chi connectivity index (χ0v) is 19.4. The predicted molar refractivity (Wildman–Crippen MR) is 129 cm³/mol. The second-order valence-corrected chi connectivity index (χ2v) is 10.6. The Morgan fingerprint density at radius 1 is 0.853 bits per heavy atom. The largest absolute Gasteiger partial charge is 0.371 e. The quantitative estimate of drug-likeness (QED) is 0.535. The highest BCUT2D eigenvalue weighted by molar-refractivity contribution is 5.36. The number of benzene rings is 2. The van der Waals surface area contributed by atoms with Gasteiger partial charge in [0, 0.05) is 30.1 Å². The molecule has 0 N–H and O–H groups in total. The molecule has 4 heterocycles. The maximum Gasteiger partial charge on any atom is 0.106 e. The molecule has 4 aliphatic heterocycles. The van der Waals surface area contributed by atoms with Crippen LogP contribution in [0, 0.1) is 17.3 Å². The van der Waals surface area contributed by atoms with Gasteiger partial charge in [-0.2, -0.15) is 0 Å². The Kier molecular flexibility index (Phi) is 5.06. The summed E-state index contributed by atoms with van der Waals surface area (Å²) in [6.07, 6.45) is 8.36. The van der Waals surface area contributed by atoms with Gasteiger partial charge < -0.3 is 18.9 Å². The first-order valence-corrected chi connectivity index (χ1v) is 12.7. The third kappa shape index (κ3) is 3.12. The van der Waals surface area contributed by atoms with Crippen molar-refractivity contribution in [3.63, 3.8) is 0 Å². The first-order chi connectivity index (χ1) is 16.8. The molecule has 4 bridgehead atoms. The Hall–Kier alpha value is -2.24. The lowest BCUT2D eigenvalue weighted by atomic mass is 9.53. The van der Waals surface area contributed by atoms with E-state index >= 15 is 0 Å². The third-order valence-electron chi connectivity index (χ3n) is 8.98. The minimum Gasteiger partial charge on any atom is -0.371 e. The Balaban J connectivity index is 1.08. The van der Waals surface area contributed by atoms with Gasteiger partial charge in [0.1, 0.15) is 6.10 Å². The highest BCUT2D eigenvalue weighted by Gasteiger charge is 2.69. The van der Waals surface area contributed by atoms with E-state index in [4.69, 9.17) is 18.9 Å². The average Bonchev–Trinajstić information content (AvgIpc) is 3.66. The van der Waals surface area contributed by atoms with Crippen LogP contribution in [0.1, 0.15) is 30.4 Å². The van der Waals surface area contributed by atoms with Gasteiger partial charge in [0.2, 0.25) is 0 Å². The fourth-order valence-electron chi connectivity index (χ4n) is 7.54. The summed E-state index contributed by atoms with van der Waals surface area (Å²) in [7, 11) is 0. The van der Waals surface area contributed by atoms with Gasteiger partial charge in [0.25, 0.3) is 0 Å². The molecule has 0 radical (unpaired) electrons. The van der Waals surface area contributed by atoms with E-state index in [-0.39, 0.29) is 42.0 Å². The summed E-state index contributed by atoms with van der Waals surface area (Å²) in [6.45, 7) is 5.59. The molecular formula is C30H32O4. The van der Waals surface area contributed by atoms with Gasteiger partial charge in [-0.25, -0.2) is 0 Å². The van der Waals surface area contributed by atoms with E-state index in [0.29, 0.717) is 25.0 Å². The average molecular weight is 457 g/mol. The molecule has 0 saturated carbocycles. The molecule has 4 fully saturated rings. The molecule has 0 unspecified atom stereocenters. The van der Waals surface area contributed by atoms with Crippen LogP contribution in [0.4, 0.5) is 0 Å². The predicted octanol–water partition coefficient (Wildman–Crippen LogP) is 5.23. The summed E-state index contributed by atoms with van der Waals surface area (Å²) in [5, 5.41) is 0. The number of rotatable bonds is 7. The Labute approximate surface area is 201 Å². The van der Waals surface area contributed by atoms with Gasteiger partial charge in [-0.1, -0.05) is 72.8 Å². The lowest BCUT2D eigenvalue weighted by Crippen LogP contribution is -2.53. The molecule has 4 heteroatoms. The minimum atomic E-state index is -0.0628. The Morgan fingerprint density at radius 3 is 2.18 bits per heavy atom. The van der Waals surface area contributed by atoms with E-state index in [0.717, 1.165) is 19.3 Å². The van der Waals surface area contributed by atoms with E-state index in [2.05, 4.69) is 67.3 Å². The monoisotopic (exact) mass is 456 g/mol. The van der Waals surface area contributed by atoms with Crippen LogP contribution in [0.5, 0.6) is 0 Å². The smallest absolute Gasteiger partial charge is 0.106 e. The second-order valence-electron chi connectivity index (χ2n) is 10.6. The molecule has 34 heavy (non-hydrogen) atoms. The van der Waals surface area contributed by atoms with Gasteiger partial charge in [-0.15, -0.1) is 6.58 Å². The summed E-state index contributed by atoms with van der Waals surface area (Å²) in [5.74, 6) is 0.843. The SMILES string of the molecule is C=C[C@@]12CC=C3[C@H]([C@@H]1[C@H]1C[C@@H](OCc4ccccc4)[C@@H]2O1)[C@H]1C[C@@H](OCc2ccccc2)[C@@H]3O1. The van der Waals surface area contributed by atoms with E-state index < -0.39 is 0 Å². The molecular weight excluding hydrogens is 424 g/mol. The van der Waals surface area contributed by atoms with Crippen molar-refractivity contribution in [1.82, 2.24) is 0 Å². The Morgan fingerprint density at radius 2 is 1.50 bits per heavy atom. The molecule has 4 saturated heterocycles. The maximum atomic E-state index is 6.65. The van der Waals surface area contributed by atoms with Crippen LogP contribution in [0.15, 0.2) is 85.0 Å². The standard InChI is InChI=1S/C30H32O4/c1-2-30-14-13-21-26(22-15-24(28(21)33-22)31-17-19-9-5-3-6-10-19)27(30)23-16-25(29(30)34-23)32-18-20-11-7-4-8-12-20/h2-13,22-29H,1,14-18H2/t22-,23-,24-,25-,26+,27+,28-,29+,30-/m1/s1. The first-order valence-electron chi connectivity index (χ1n) is 12.7. The van der Waals surface area contributed by atoms with Crippen LogP contribution in [0.3, 0.4) is 0 Å². The molecule has 9 atom stereocenters. The molecule has 1 aliphatic carbocycles. The third-order valence-corrected chi connectivity index (χ3v) is 8.98. The summed E-state index contributed by atoms with van der Waals surface area (Å²) < 4.78 is 26.0. The molecule has 7 rings (SSSR count). The van der Waals surface area contributed by atoms with Crippen LogP contribution in [-0.2, 0) is 32.2 Å². The van der Waals surface area contributed by atoms with Crippen molar-refractivity contribution in [3.05, 3.63) is 96.1 Å². The zero-order chi connectivity index (χ0) is 22.7. The van der Waals surface area contributed by atoms with E-state index in [1.165, 1.54) is 16.7 Å². The summed E-state index contributed by atoms with van der Waals surface area (Å²) >= 11 is 0. The zero-order valence-electron chi connectivity index (χ0n) is 19.4. The molecule has 0 spiro atoms. The molecule has 4 nitrogen and oxygen atoms in total. The maximum absolute atomic E-state index is 6.65. The Bertz CT molecular complexity index is 1080. The number of ether oxygens (including phenoxy) is 4. The van der Waals surface area contributed by atoms with E-state index in [1.54, 1.807) is 0 Å². The lowest BCUT2D eigenvalue weighted by Gasteiger charge is -2.49. The van der Waals surface area contributed by atoms with Gasteiger partial charge in [0.05, 0.1) is 43.7 Å². The topological polar surface area (TPSA) is 36.9 Å². The molecule has 2 aromatic rings. The van der Waals surface area contributed by atoms with Crippen LogP contribution in [-0.4, -0.2) is 36.6 Å². The van der Waals surface area contributed by atoms with E-state index in [9.17, 15) is 0 Å². The minimum absolute atomic E-state index is 0.0628. The summed E-state index contributed by atoms with van der Waals surface area (Å²) in [6, 6.07) is 20.8. The van der Waals surface area contributed by atoms with Gasteiger partial charge in [0.15, 0.2) is 0 Å². The van der Waals surface area contributed by atoms with Crippen LogP contribution >= 0.6 is 0 Å². The normalized spacial score (nSPS) is 41.2. The molecule has 5 aliphatic rings. The van der Waals surface area contributed by atoms with Crippen LogP contribution in [0.25, 0.3) is 0 Å². The van der Waals surface area contributed by atoms with Crippen molar-refractivity contribution >= 4 is 0 Å².